The Bertz CT molecular complexity index is 928. The lowest BCUT2D eigenvalue weighted by Gasteiger charge is -2.12. The normalized spacial score (nSPS) is 11.2. The highest BCUT2D eigenvalue weighted by Crippen LogP contribution is 2.39. The number of aromatic nitrogens is 1. The Hall–Kier alpha value is -3.04. The zero-order valence-electron chi connectivity index (χ0n) is 14.1. The maximum atomic E-state index is 9.58. The average Bonchev–Trinajstić information content (AvgIpc) is 3.08. The summed E-state index contributed by atoms with van der Waals surface area (Å²) in [6.07, 6.45) is 1.77. The third-order valence-corrected chi connectivity index (χ3v) is 4.71. The number of para-hydroxylation sites is 1. The van der Waals surface area contributed by atoms with Crippen LogP contribution in [0.25, 0.3) is 21.9 Å². The molecule has 0 spiro atoms. The van der Waals surface area contributed by atoms with Crippen LogP contribution in [0.3, 0.4) is 0 Å². The van der Waals surface area contributed by atoms with E-state index in [1.54, 1.807) is 39.5 Å². The zero-order valence-corrected chi connectivity index (χ0v) is 14.9. The first kappa shape index (κ1) is 16.8. The minimum atomic E-state index is 0.482. The summed E-state index contributed by atoms with van der Waals surface area (Å²) in [5.41, 5.74) is 2.13. The smallest absolute Gasteiger partial charge is 0.203 e. The van der Waals surface area contributed by atoms with Crippen LogP contribution >= 0.6 is 11.3 Å². The van der Waals surface area contributed by atoms with Crippen molar-refractivity contribution < 1.29 is 14.2 Å². The molecular weight excluding hydrogens is 336 g/mol. The summed E-state index contributed by atoms with van der Waals surface area (Å²) >= 11 is 1.49. The molecule has 6 heteroatoms. The van der Waals surface area contributed by atoms with E-state index in [0.717, 1.165) is 15.8 Å². The van der Waals surface area contributed by atoms with Gasteiger partial charge in [0.25, 0.3) is 0 Å². The van der Waals surface area contributed by atoms with Crippen LogP contribution in [-0.2, 0) is 0 Å². The highest BCUT2D eigenvalue weighted by molar-refractivity contribution is 7.19. The fourth-order valence-corrected chi connectivity index (χ4v) is 3.41. The van der Waals surface area contributed by atoms with Crippen molar-refractivity contribution in [1.29, 1.82) is 5.26 Å². The molecule has 126 valence electrons. The maximum Gasteiger partial charge on any atom is 0.203 e. The molecule has 0 aliphatic heterocycles. The van der Waals surface area contributed by atoms with E-state index >= 15 is 0 Å². The second-order valence-electron chi connectivity index (χ2n) is 5.12. The Morgan fingerprint density at radius 2 is 1.76 bits per heavy atom. The molecule has 3 rings (SSSR count). The first-order chi connectivity index (χ1) is 12.2. The molecule has 0 saturated heterocycles. The molecule has 1 heterocycles. The van der Waals surface area contributed by atoms with Gasteiger partial charge in [-0.3, -0.25) is 0 Å². The van der Waals surface area contributed by atoms with Crippen molar-refractivity contribution in [1.82, 2.24) is 4.98 Å². The number of hydrogen-bond acceptors (Lipinski definition) is 6. The molecule has 0 aliphatic rings. The van der Waals surface area contributed by atoms with Gasteiger partial charge in [0.15, 0.2) is 11.5 Å². The van der Waals surface area contributed by atoms with Gasteiger partial charge in [-0.15, -0.1) is 11.3 Å². The Morgan fingerprint density at radius 1 is 1.08 bits per heavy atom. The molecule has 1 aromatic heterocycles. The Balaban J connectivity index is 2.09. The zero-order chi connectivity index (χ0) is 17.8. The molecule has 0 N–H and O–H groups in total. The number of nitriles is 1. The second kappa shape index (κ2) is 7.24. The molecule has 3 aromatic rings. The molecule has 2 aromatic carbocycles. The van der Waals surface area contributed by atoms with Crippen LogP contribution in [0.15, 0.2) is 36.4 Å². The fourth-order valence-electron chi connectivity index (χ4n) is 2.48. The molecule has 0 saturated carbocycles. The van der Waals surface area contributed by atoms with Crippen LogP contribution in [0, 0.1) is 11.3 Å². The van der Waals surface area contributed by atoms with Crippen LogP contribution in [0.5, 0.6) is 17.2 Å². The molecule has 0 radical (unpaired) electrons. The first-order valence-corrected chi connectivity index (χ1v) is 8.29. The molecule has 0 unspecified atom stereocenters. The summed E-state index contributed by atoms with van der Waals surface area (Å²) in [7, 11) is 4.67. The molecule has 0 aliphatic carbocycles. The standard InChI is InChI=1S/C19H16N2O3S/c1-22-15-9-12(10-16(23-2)18(15)24-3)8-13(11-20)19-21-14-6-4-5-7-17(14)25-19/h4-10H,1-3H3/b13-8+. The molecule has 5 nitrogen and oxygen atoms in total. The van der Waals surface area contributed by atoms with Crippen molar-refractivity contribution >= 4 is 33.2 Å². The van der Waals surface area contributed by atoms with Gasteiger partial charge in [0, 0.05) is 0 Å². The summed E-state index contributed by atoms with van der Waals surface area (Å²) in [5.74, 6) is 1.59. The van der Waals surface area contributed by atoms with E-state index in [2.05, 4.69) is 11.1 Å². The van der Waals surface area contributed by atoms with Crippen molar-refractivity contribution in [3.05, 3.63) is 47.0 Å². The van der Waals surface area contributed by atoms with Crippen molar-refractivity contribution in [2.24, 2.45) is 0 Å². The van der Waals surface area contributed by atoms with Gasteiger partial charge in [-0.2, -0.15) is 5.26 Å². The van der Waals surface area contributed by atoms with Crippen LogP contribution in [0.2, 0.25) is 0 Å². The highest BCUT2D eigenvalue weighted by Gasteiger charge is 2.14. The van der Waals surface area contributed by atoms with E-state index in [9.17, 15) is 5.26 Å². The lowest BCUT2D eigenvalue weighted by Crippen LogP contribution is -1.95. The molecule has 0 bridgehead atoms. The Labute approximate surface area is 149 Å². The number of thiazole rings is 1. The predicted octanol–water partition coefficient (Wildman–Crippen LogP) is 4.39. The van der Waals surface area contributed by atoms with E-state index in [0.29, 0.717) is 27.8 Å². The third-order valence-electron chi connectivity index (χ3n) is 3.64. The van der Waals surface area contributed by atoms with Gasteiger partial charge in [-0.1, -0.05) is 12.1 Å². The van der Waals surface area contributed by atoms with Gasteiger partial charge in [-0.25, -0.2) is 4.98 Å². The van der Waals surface area contributed by atoms with E-state index in [-0.39, 0.29) is 0 Å². The van der Waals surface area contributed by atoms with Gasteiger partial charge < -0.3 is 14.2 Å². The predicted molar refractivity (Wildman–Crippen MR) is 99.2 cm³/mol. The number of methoxy groups -OCH3 is 3. The SMILES string of the molecule is COc1cc(/C=C(\C#N)c2nc3ccccc3s2)cc(OC)c1OC. The summed E-state index contributed by atoms with van der Waals surface area (Å²) in [5, 5.41) is 10.3. The summed E-state index contributed by atoms with van der Waals surface area (Å²) in [4.78, 5) is 4.54. The number of nitrogens with zero attached hydrogens (tertiary/aromatic N) is 2. The van der Waals surface area contributed by atoms with Crippen molar-refractivity contribution in [2.45, 2.75) is 0 Å². The summed E-state index contributed by atoms with van der Waals surface area (Å²) < 4.78 is 17.1. The Kier molecular flexibility index (Phi) is 4.87. The van der Waals surface area contributed by atoms with Crippen molar-refractivity contribution in [3.63, 3.8) is 0 Å². The van der Waals surface area contributed by atoms with E-state index in [4.69, 9.17) is 14.2 Å². The number of hydrogen-bond donors (Lipinski definition) is 0. The quantitative estimate of drug-likeness (QED) is 0.637. The number of benzene rings is 2. The number of fused-ring (bicyclic) bond motifs is 1. The van der Waals surface area contributed by atoms with Crippen LogP contribution in [0.4, 0.5) is 0 Å². The number of ether oxygens (including phenoxy) is 3. The average molecular weight is 352 g/mol. The molecule has 0 fully saturated rings. The van der Waals surface area contributed by atoms with Crippen molar-refractivity contribution in [3.8, 4) is 23.3 Å². The van der Waals surface area contributed by atoms with Gasteiger partial charge in [-0.05, 0) is 35.9 Å². The lowest BCUT2D eigenvalue weighted by atomic mass is 10.1. The maximum absolute atomic E-state index is 9.58. The minimum absolute atomic E-state index is 0.482. The first-order valence-electron chi connectivity index (χ1n) is 7.48. The third kappa shape index (κ3) is 3.28. The van der Waals surface area contributed by atoms with Gasteiger partial charge in [0.2, 0.25) is 5.75 Å². The van der Waals surface area contributed by atoms with E-state index in [1.807, 2.05) is 24.3 Å². The monoisotopic (exact) mass is 352 g/mol. The minimum Gasteiger partial charge on any atom is -0.493 e. The number of allylic oxidation sites excluding steroid dienone is 1. The second-order valence-corrected chi connectivity index (χ2v) is 6.15. The van der Waals surface area contributed by atoms with Gasteiger partial charge >= 0.3 is 0 Å². The van der Waals surface area contributed by atoms with Crippen molar-refractivity contribution in [2.75, 3.05) is 21.3 Å². The van der Waals surface area contributed by atoms with E-state index < -0.39 is 0 Å². The van der Waals surface area contributed by atoms with Gasteiger partial charge in [0.1, 0.15) is 11.1 Å². The topological polar surface area (TPSA) is 64.4 Å². The van der Waals surface area contributed by atoms with E-state index in [1.165, 1.54) is 11.3 Å². The van der Waals surface area contributed by atoms with Crippen LogP contribution < -0.4 is 14.2 Å². The van der Waals surface area contributed by atoms with Crippen LogP contribution in [-0.4, -0.2) is 26.3 Å². The van der Waals surface area contributed by atoms with Gasteiger partial charge in [0.05, 0.1) is 37.1 Å². The summed E-state index contributed by atoms with van der Waals surface area (Å²) in [6, 6.07) is 13.6. The fraction of sp³-hybridized carbons (Fsp3) is 0.158. The number of rotatable bonds is 5. The van der Waals surface area contributed by atoms with Crippen LogP contribution in [0.1, 0.15) is 10.6 Å². The molecular formula is C19H16N2O3S. The lowest BCUT2D eigenvalue weighted by molar-refractivity contribution is 0.324. The molecule has 0 amide bonds. The summed E-state index contributed by atoms with van der Waals surface area (Å²) in [6.45, 7) is 0. The molecule has 25 heavy (non-hydrogen) atoms. The Morgan fingerprint density at radius 3 is 2.32 bits per heavy atom. The highest BCUT2D eigenvalue weighted by atomic mass is 32.1. The largest absolute Gasteiger partial charge is 0.493 e. The molecule has 0 atom stereocenters.